The molecule has 1 saturated heterocycles. The monoisotopic (exact) mass is 174 g/mol. The molecule has 0 aromatic heterocycles. The van der Waals surface area contributed by atoms with E-state index in [0.29, 0.717) is 11.8 Å². The minimum Gasteiger partial charge on any atom is -0.331 e. The van der Waals surface area contributed by atoms with E-state index in [0.717, 1.165) is 0 Å². The van der Waals surface area contributed by atoms with Crippen molar-refractivity contribution in [3.8, 4) is 0 Å². The molecule has 0 unspecified atom stereocenters. The van der Waals surface area contributed by atoms with Gasteiger partial charge in [0.25, 0.3) is 5.97 Å². The van der Waals surface area contributed by atoms with Crippen LogP contribution in [0.25, 0.3) is 0 Å². The lowest BCUT2D eigenvalue weighted by Crippen LogP contribution is -2.62. The van der Waals surface area contributed by atoms with E-state index < -0.39 is 5.97 Å². The fraction of sp³-hybridized carbons (Fsp3) is 1.00. The topological polar surface area (TPSA) is 27.7 Å². The molecule has 1 heterocycles. The maximum Gasteiger partial charge on any atom is 0.287 e. The highest BCUT2D eigenvalue weighted by Crippen LogP contribution is 2.43. The van der Waals surface area contributed by atoms with Crippen molar-refractivity contribution in [1.29, 1.82) is 0 Å². The van der Waals surface area contributed by atoms with E-state index in [1.54, 1.807) is 14.2 Å². The molecule has 1 rings (SSSR count). The number of hydrogen-bond donors (Lipinski definition) is 0. The third kappa shape index (κ3) is 1.26. The second kappa shape index (κ2) is 3.32. The van der Waals surface area contributed by atoms with Crippen LogP contribution in [-0.2, 0) is 14.2 Å². The summed E-state index contributed by atoms with van der Waals surface area (Å²) in [4.78, 5) is 0. The van der Waals surface area contributed by atoms with Crippen LogP contribution in [0.2, 0.25) is 0 Å². The fourth-order valence-corrected chi connectivity index (χ4v) is 1.79. The summed E-state index contributed by atoms with van der Waals surface area (Å²) in [7, 11) is 3.22. The predicted molar refractivity (Wildman–Crippen MR) is 45.6 cm³/mol. The van der Waals surface area contributed by atoms with Gasteiger partial charge in [0.2, 0.25) is 0 Å². The van der Waals surface area contributed by atoms with Crippen molar-refractivity contribution in [2.24, 2.45) is 11.8 Å². The molecule has 1 aliphatic heterocycles. The smallest absolute Gasteiger partial charge is 0.287 e. The molecular weight excluding hydrogens is 156 g/mol. The highest BCUT2D eigenvalue weighted by Gasteiger charge is 2.55. The lowest BCUT2D eigenvalue weighted by atomic mass is 9.87. The van der Waals surface area contributed by atoms with E-state index >= 15 is 0 Å². The Bertz CT molecular complexity index is 152. The molecule has 0 spiro atoms. The molecule has 3 nitrogen and oxygen atoms in total. The first-order valence-corrected chi connectivity index (χ1v) is 4.35. The summed E-state index contributed by atoms with van der Waals surface area (Å²) in [5.41, 5.74) is 0. The molecule has 0 amide bonds. The molecule has 0 N–H and O–H groups in total. The lowest BCUT2D eigenvalue weighted by Gasteiger charge is -2.52. The SMILES string of the molecule is COC1(OC)O[C@@H](C(C)C)[C@@H]1C. The van der Waals surface area contributed by atoms with Crippen LogP contribution in [-0.4, -0.2) is 26.3 Å². The van der Waals surface area contributed by atoms with E-state index in [1.807, 2.05) is 0 Å². The summed E-state index contributed by atoms with van der Waals surface area (Å²) >= 11 is 0. The predicted octanol–water partition coefficient (Wildman–Crippen LogP) is 1.62. The Kier molecular flexibility index (Phi) is 2.76. The van der Waals surface area contributed by atoms with Crippen LogP contribution in [0.3, 0.4) is 0 Å². The van der Waals surface area contributed by atoms with Crippen molar-refractivity contribution in [2.45, 2.75) is 32.8 Å². The van der Waals surface area contributed by atoms with Crippen molar-refractivity contribution in [3.05, 3.63) is 0 Å². The van der Waals surface area contributed by atoms with Crippen LogP contribution in [0.1, 0.15) is 20.8 Å². The number of hydrogen-bond acceptors (Lipinski definition) is 3. The zero-order valence-electron chi connectivity index (χ0n) is 8.46. The largest absolute Gasteiger partial charge is 0.331 e. The van der Waals surface area contributed by atoms with Gasteiger partial charge < -0.3 is 14.2 Å². The Labute approximate surface area is 74.0 Å². The molecule has 0 radical (unpaired) electrons. The van der Waals surface area contributed by atoms with Gasteiger partial charge in [0.1, 0.15) is 0 Å². The molecule has 0 aromatic rings. The van der Waals surface area contributed by atoms with E-state index in [1.165, 1.54) is 0 Å². The van der Waals surface area contributed by atoms with Crippen LogP contribution in [0.4, 0.5) is 0 Å². The van der Waals surface area contributed by atoms with Crippen LogP contribution < -0.4 is 0 Å². The summed E-state index contributed by atoms with van der Waals surface area (Å²) in [5, 5.41) is 0. The molecule has 0 aromatic carbocycles. The van der Waals surface area contributed by atoms with Crippen molar-refractivity contribution in [3.63, 3.8) is 0 Å². The first kappa shape index (κ1) is 9.96. The van der Waals surface area contributed by atoms with Crippen molar-refractivity contribution >= 4 is 0 Å². The van der Waals surface area contributed by atoms with Crippen molar-refractivity contribution in [2.75, 3.05) is 14.2 Å². The minimum absolute atomic E-state index is 0.255. The normalized spacial score (nSPS) is 33.5. The van der Waals surface area contributed by atoms with Gasteiger partial charge in [-0.05, 0) is 5.92 Å². The zero-order valence-corrected chi connectivity index (χ0v) is 8.46. The van der Waals surface area contributed by atoms with E-state index in [9.17, 15) is 0 Å². The van der Waals surface area contributed by atoms with Gasteiger partial charge in [-0.25, -0.2) is 0 Å². The third-order valence-corrected chi connectivity index (χ3v) is 2.58. The molecule has 0 bridgehead atoms. The van der Waals surface area contributed by atoms with E-state index in [-0.39, 0.29) is 6.10 Å². The van der Waals surface area contributed by atoms with E-state index in [4.69, 9.17) is 14.2 Å². The van der Waals surface area contributed by atoms with Gasteiger partial charge in [-0.2, -0.15) is 0 Å². The summed E-state index contributed by atoms with van der Waals surface area (Å²) in [6, 6.07) is 0. The van der Waals surface area contributed by atoms with E-state index in [2.05, 4.69) is 20.8 Å². The molecule has 0 saturated carbocycles. The van der Waals surface area contributed by atoms with Crippen molar-refractivity contribution < 1.29 is 14.2 Å². The number of ether oxygens (including phenoxy) is 3. The molecule has 1 fully saturated rings. The number of methoxy groups -OCH3 is 2. The molecule has 0 aliphatic carbocycles. The average molecular weight is 174 g/mol. The third-order valence-electron chi connectivity index (χ3n) is 2.58. The van der Waals surface area contributed by atoms with Gasteiger partial charge in [-0.1, -0.05) is 20.8 Å². The first-order chi connectivity index (χ1) is 5.57. The van der Waals surface area contributed by atoms with Crippen LogP contribution in [0, 0.1) is 11.8 Å². The standard InChI is InChI=1S/C9H18O3/c1-6(2)8-7(3)9(10-4,11-5)12-8/h6-8H,1-5H3/t7-,8-/m0/s1. The van der Waals surface area contributed by atoms with Crippen molar-refractivity contribution in [1.82, 2.24) is 0 Å². The molecule has 1 aliphatic rings. The lowest BCUT2D eigenvalue weighted by molar-refractivity contribution is -0.482. The summed E-state index contributed by atoms with van der Waals surface area (Å²) < 4.78 is 15.9. The highest BCUT2D eigenvalue weighted by atomic mass is 16.9. The van der Waals surface area contributed by atoms with Gasteiger partial charge >= 0.3 is 0 Å². The highest BCUT2D eigenvalue weighted by molar-refractivity contribution is 4.87. The molecule has 12 heavy (non-hydrogen) atoms. The Hall–Kier alpha value is -0.120. The Morgan fingerprint density at radius 2 is 1.75 bits per heavy atom. The second-order valence-corrected chi connectivity index (χ2v) is 3.63. The quantitative estimate of drug-likeness (QED) is 0.608. The molecule has 72 valence electrons. The van der Waals surface area contributed by atoms with Gasteiger partial charge in [-0.15, -0.1) is 0 Å². The maximum absolute atomic E-state index is 5.55. The Morgan fingerprint density at radius 1 is 1.25 bits per heavy atom. The van der Waals surface area contributed by atoms with Crippen LogP contribution in [0.15, 0.2) is 0 Å². The van der Waals surface area contributed by atoms with Gasteiger partial charge in [0, 0.05) is 14.2 Å². The molecular formula is C9H18O3. The molecule has 3 heteroatoms. The molecule has 2 atom stereocenters. The van der Waals surface area contributed by atoms with Crippen LogP contribution in [0.5, 0.6) is 0 Å². The minimum atomic E-state index is -0.783. The van der Waals surface area contributed by atoms with Gasteiger partial charge in [0.05, 0.1) is 12.0 Å². The first-order valence-electron chi connectivity index (χ1n) is 4.35. The Balaban J connectivity index is 2.56. The zero-order chi connectivity index (χ0) is 9.35. The maximum atomic E-state index is 5.55. The summed E-state index contributed by atoms with van der Waals surface area (Å²) in [6.45, 7) is 6.36. The summed E-state index contributed by atoms with van der Waals surface area (Å²) in [6.07, 6.45) is 0.255. The van der Waals surface area contributed by atoms with Gasteiger partial charge in [-0.3, -0.25) is 0 Å². The second-order valence-electron chi connectivity index (χ2n) is 3.63. The summed E-state index contributed by atoms with van der Waals surface area (Å²) in [5.74, 6) is 0.0282. The fourth-order valence-electron chi connectivity index (χ4n) is 1.79. The average Bonchev–Trinajstić information content (AvgIpc) is 2.04. The number of rotatable bonds is 3. The Morgan fingerprint density at radius 3 is 2.00 bits per heavy atom. The van der Waals surface area contributed by atoms with Gasteiger partial charge in [0.15, 0.2) is 0 Å². The van der Waals surface area contributed by atoms with Crippen LogP contribution >= 0.6 is 0 Å².